The zero-order chi connectivity index (χ0) is 22.5. The normalized spacial score (nSPS) is 10.6. The highest BCUT2D eigenvalue weighted by molar-refractivity contribution is 6.32. The van der Waals surface area contributed by atoms with Crippen LogP contribution in [0.15, 0.2) is 73.1 Å². The summed E-state index contributed by atoms with van der Waals surface area (Å²) in [6.07, 6.45) is 3.36. The van der Waals surface area contributed by atoms with Crippen molar-refractivity contribution in [3.05, 3.63) is 83.6 Å². The minimum absolute atomic E-state index is 0.250. The largest absolute Gasteiger partial charge is 0.497 e. The van der Waals surface area contributed by atoms with Gasteiger partial charge in [-0.05, 0) is 48.0 Å². The van der Waals surface area contributed by atoms with Crippen molar-refractivity contribution in [2.45, 2.75) is 6.54 Å². The van der Waals surface area contributed by atoms with Crippen molar-refractivity contribution in [3.8, 4) is 22.7 Å². The molecule has 0 saturated carbocycles. The molecule has 0 saturated heterocycles. The second-order valence-electron chi connectivity index (χ2n) is 6.87. The quantitative estimate of drug-likeness (QED) is 0.402. The first-order valence-corrected chi connectivity index (χ1v) is 10.2. The molecule has 2 aromatic heterocycles. The number of nitrogens with two attached hydrogens (primary N) is 1. The molecule has 162 valence electrons. The Morgan fingerprint density at radius 1 is 1.12 bits per heavy atom. The van der Waals surface area contributed by atoms with Crippen LogP contribution in [-0.4, -0.2) is 27.9 Å². The predicted octanol–water partition coefficient (Wildman–Crippen LogP) is 4.50. The van der Waals surface area contributed by atoms with Crippen LogP contribution in [-0.2, 0) is 6.54 Å². The first-order chi connectivity index (χ1) is 15.6. The third-order valence-electron chi connectivity index (χ3n) is 4.78. The monoisotopic (exact) mass is 448 g/mol. The van der Waals surface area contributed by atoms with Crippen LogP contribution < -0.4 is 21.1 Å². The smallest absolute Gasteiger partial charge is 0.319 e. The molecule has 0 spiro atoms. The summed E-state index contributed by atoms with van der Waals surface area (Å²) in [4.78, 5) is 16.7. The fraction of sp³-hybridized carbons (Fsp3) is 0.0870. The summed E-state index contributed by atoms with van der Waals surface area (Å²) in [5.74, 6) is 0.955. The number of nitrogens with one attached hydrogen (secondary N) is 2. The van der Waals surface area contributed by atoms with Gasteiger partial charge in [-0.1, -0.05) is 29.8 Å². The zero-order valence-corrected chi connectivity index (χ0v) is 18.0. The van der Waals surface area contributed by atoms with Crippen LogP contribution in [0.5, 0.6) is 5.75 Å². The summed E-state index contributed by atoms with van der Waals surface area (Å²) in [5.41, 5.74) is 9.52. The molecule has 32 heavy (non-hydrogen) atoms. The van der Waals surface area contributed by atoms with E-state index in [2.05, 4.69) is 20.7 Å². The van der Waals surface area contributed by atoms with Gasteiger partial charge >= 0.3 is 6.03 Å². The molecule has 2 heterocycles. The molecular weight excluding hydrogens is 428 g/mol. The number of ether oxygens (including phenoxy) is 1. The van der Waals surface area contributed by atoms with Crippen molar-refractivity contribution >= 4 is 29.1 Å². The predicted molar refractivity (Wildman–Crippen MR) is 125 cm³/mol. The Balaban J connectivity index is 1.68. The van der Waals surface area contributed by atoms with E-state index < -0.39 is 6.03 Å². The average Bonchev–Trinajstić information content (AvgIpc) is 3.14. The van der Waals surface area contributed by atoms with Crippen molar-refractivity contribution in [1.82, 2.24) is 20.1 Å². The summed E-state index contributed by atoms with van der Waals surface area (Å²) in [6.45, 7) is 0.316. The fourth-order valence-corrected chi connectivity index (χ4v) is 3.37. The first kappa shape index (κ1) is 21.2. The minimum atomic E-state index is -0.422. The fourth-order valence-electron chi connectivity index (χ4n) is 3.16. The van der Waals surface area contributed by atoms with Crippen LogP contribution >= 0.6 is 11.6 Å². The van der Waals surface area contributed by atoms with Gasteiger partial charge in [0.1, 0.15) is 17.1 Å². The van der Waals surface area contributed by atoms with E-state index in [-0.39, 0.29) is 5.82 Å². The van der Waals surface area contributed by atoms with Gasteiger partial charge in [0.2, 0.25) is 0 Å². The lowest BCUT2D eigenvalue weighted by Crippen LogP contribution is -2.28. The van der Waals surface area contributed by atoms with E-state index in [4.69, 9.17) is 22.1 Å². The third-order valence-corrected chi connectivity index (χ3v) is 5.10. The lowest BCUT2D eigenvalue weighted by molar-refractivity contribution is 0.251. The van der Waals surface area contributed by atoms with Gasteiger partial charge in [0, 0.05) is 24.5 Å². The molecule has 0 aliphatic carbocycles. The van der Waals surface area contributed by atoms with Gasteiger partial charge < -0.3 is 21.1 Å². The Kier molecular flexibility index (Phi) is 6.23. The van der Waals surface area contributed by atoms with E-state index in [1.54, 1.807) is 31.6 Å². The summed E-state index contributed by atoms with van der Waals surface area (Å²) in [6, 6.07) is 17.8. The van der Waals surface area contributed by atoms with Gasteiger partial charge in [0.05, 0.1) is 17.8 Å². The second-order valence-corrected chi connectivity index (χ2v) is 7.28. The number of hydrogen-bond donors (Lipinski definition) is 3. The summed E-state index contributed by atoms with van der Waals surface area (Å²) in [7, 11) is 1.60. The van der Waals surface area contributed by atoms with Crippen molar-refractivity contribution in [2.75, 3.05) is 18.2 Å². The number of rotatable bonds is 6. The number of hydrogen-bond acceptors (Lipinski definition) is 5. The number of nitrogen functional groups attached to an aromatic ring is 1. The van der Waals surface area contributed by atoms with Crippen molar-refractivity contribution in [1.29, 1.82) is 0 Å². The Labute approximate surface area is 190 Å². The first-order valence-electron chi connectivity index (χ1n) is 9.78. The maximum absolute atomic E-state index is 12.7. The van der Waals surface area contributed by atoms with E-state index in [0.29, 0.717) is 34.4 Å². The van der Waals surface area contributed by atoms with Gasteiger partial charge in [-0.15, -0.1) is 0 Å². The summed E-state index contributed by atoms with van der Waals surface area (Å²) >= 11 is 6.36. The number of para-hydroxylation sites is 1. The van der Waals surface area contributed by atoms with Gasteiger partial charge in [-0.2, -0.15) is 5.10 Å². The van der Waals surface area contributed by atoms with Crippen LogP contribution in [0.25, 0.3) is 16.9 Å². The number of halogens is 1. The molecule has 4 N–H and O–H groups in total. The van der Waals surface area contributed by atoms with Gasteiger partial charge in [0.25, 0.3) is 0 Å². The second kappa shape index (κ2) is 9.40. The molecular formula is C23H21ClN6O2. The van der Waals surface area contributed by atoms with E-state index >= 15 is 0 Å². The maximum atomic E-state index is 12.7. The number of carbonyl (C=O) groups excluding carboxylic acids is 1. The molecule has 4 aromatic rings. The van der Waals surface area contributed by atoms with Crippen molar-refractivity contribution < 1.29 is 9.53 Å². The van der Waals surface area contributed by atoms with Gasteiger partial charge in [-0.25, -0.2) is 9.48 Å². The minimum Gasteiger partial charge on any atom is -0.497 e. The van der Waals surface area contributed by atoms with Crippen LogP contribution in [0.4, 0.5) is 16.3 Å². The number of benzene rings is 2. The lowest BCUT2D eigenvalue weighted by Gasteiger charge is -2.10. The molecule has 9 heteroatoms. The lowest BCUT2D eigenvalue weighted by atomic mass is 10.1. The maximum Gasteiger partial charge on any atom is 0.319 e. The number of nitrogens with zero attached hydrogens (tertiary/aromatic N) is 3. The van der Waals surface area contributed by atoms with Crippen molar-refractivity contribution in [3.63, 3.8) is 0 Å². The standard InChI is InChI=1S/C23H21ClN6O2/c1-32-17-10-8-16(9-11-17)20-21(28-23(31)27-14-15-5-4-12-26-13-15)22(25)30(29-20)19-7-3-2-6-18(19)24/h2-13H,14,25H2,1H3,(H2,27,28,31). The summed E-state index contributed by atoms with van der Waals surface area (Å²) in [5, 5.41) is 10.8. The molecule has 2 amide bonds. The number of anilines is 2. The Bertz CT molecular complexity index is 1230. The molecule has 4 rings (SSSR count). The molecule has 2 aromatic carbocycles. The van der Waals surface area contributed by atoms with Gasteiger partial charge in [-0.3, -0.25) is 4.98 Å². The Hall–Kier alpha value is -4.04. The van der Waals surface area contributed by atoms with Crippen LogP contribution in [0.2, 0.25) is 5.02 Å². The third kappa shape index (κ3) is 4.50. The van der Waals surface area contributed by atoms with Gasteiger partial charge in [0.15, 0.2) is 5.82 Å². The van der Waals surface area contributed by atoms with E-state index in [1.165, 1.54) is 4.68 Å². The highest BCUT2D eigenvalue weighted by Gasteiger charge is 2.21. The Morgan fingerprint density at radius 2 is 1.91 bits per heavy atom. The molecule has 8 nitrogen and oxygen atoms in total. The van der Waals surface area contributed by atoms with Crippen LogP contribution in [0.3, 0.4) is 0 Å². The van der Waals surface area contributed by atoms with Crippen molar-refractivity contribution in [2.24, 2.45) is 0 Å². The topological polar surface area (TPSA) is 107 Å². The van der Waals surface area contributed by atoms with E-state index in [9.17, 15) is 4.79 Å². The number of carbonyl (C=O) groups is 1. The SMILES string of the molecule is COc1ccc(-c2nn(-c3ccccc3Cl)c(N)c2NC(=O)NCc2cccnc2)cc1. The molecule has 0 bridgehead atoms. The average molecular weight is 449 g/mol. The Morgan fingerprint density at radius 3 is 2.59 bits per heavy atom. The molecule has 0 atom stereocenters. The van der Waals surface area contributed by atoms with Crippen LogP contribution in [0.1, 0.15) is 5.56 Å². The number of urea groups is 1. The molecule has 0 aliphatic heterocycles. The molecule has 0 radical (unpaired) electrons. The summed E-state index contributed by atoms with van der Waals surface area (Å²) < 4.78 is 6.75. The number of aromatic nitrogens is 3. The number of pyridine rings is 1. The number of methoxy groups -OCH3 is 1. The molecule has 0 fully saturated rings. The highest BCUT2D eigenvalue weighted by Crippen LogP contribution is 2.36. The van der Waals surface area contributed by atoms with E-state index in [0.717, 1.165) is 11.1 Å². The highest BCUT2D eigenvalue weighted by atomic mass is 35.5. The van der Waals surface area contributed by atoms with Crippen LogP contribution in [0, 0.1) is 0 Å². The zero-order valence-electron chi connectivity index (χ0n) is 17.2. The van der Waals surface area contributed by atoms with E-state index in [1.807, 2.05) is 48.5 Å². The number of amides is 2. The molecule has 0 aliphatic rings. The molecule has 0 unspecified atom stereocenters.